The molecule has 2 aromatic rings. The maximum atomic E-state index is 5.35. The van der Waals surface area contributed by atoms with Crippen LogP contribution < -0.4 is 10.5 Å². The van der Waals surface area contributed by atoms with E-state index in [4.69, 9.17) is 14.9 Å². The molecule has 4 nitrogen and oxygen atoms in total. The van der Waals surface area contributed by atoms with Gasteiger partial charge in [-0.2, -0.15) is 4.98 Å². The van der Waals surface area contributed by atoms with Crippen molar-refractivity contribution in [2.24, 2.45) is 0 Å². The van der Waals surface area contributed by atoms with E-state index in [9.17, 15) is 0 Å². The van der Waals surface area contributed by atoms with Gasteiger partial charge in [-0.1, -0.05) is 18.2 Å². The van der Waals surface area contributed by atoms with Crippen molar-refractivity contribution < 1.29 is 9.15 Å². The van der Waals surface area contributed by atoms with Crippen molar-refractivity contribution in [3.8, 4) is 11.8 Å². The lowest BCUT2D eigenvalue weighted by Crippen LogP contribution is -1.85. The summed E-state index contributed by atoms with van der Waals surface area (Å²) < 4.78 is 10.2. The molecular weight excluding hydrogens is 168 g/mol. The average molecular weight is 176 g/mol. The lowest BCUT2D eigenvalue weighted by Gasteiger charge is -1.97. The van der Waals surface area contributed by atoms with E-state index in [1.807, 2.05) is 18.2 Å². The number of nitrogens with two attached hydrogens (primary N) is 1. The van der Waals surface area contributed by atoms with Gasteiger partial charge in [0, 0.05) is 0 Å². The van der Waals surface area contributed by atoms with Gasteiger partial charge < -0.3 is 14.9 Å². The third-order valence-corrected chi connectivity index (χ3v) is 1.45. The molecule has 0 saturated heterocycles. The highest BCUT2D eigenvalue weighted by atomic mass is 16.6. The highest BCUT2D eigenvalue weighted by molar-refractivity contribution is 5.27. The molecule has 0 aliphatic rings. The van der Waals surface area contributed by atoms with Gasteiger partial charge in [-0.15, -0.1) is 0 Å². The molecule has 4 heteroatoms. The Balaban J connectivity index is 2.15. The first-order valence-electron chi connectivity index (χ1n) is 3.78. The maximum absolute atomic E-state index is 5.35. The van der Waals surface area contributed by atoms with E-state index < -0.39 is 0 Å². The van der Waals surface area contributed by atoms with E-state index in [1.54, 1.807) is 12.1 Å². The molecule has 0 radical (unpaired) electrons. The van der Waals surface area contributed by atoms with Crippen LogP contribution in [0.2, 0.25) is 0 Å². The minimum absolute atomic E-state index is 0.156. The number of nitrogen functional groups attached to an aromatic ring is 1. The predicted octanol–water partition coefficient (Wildman–Crippen LogP) is 2.05. The smallest absolute Gasteiger partial charge is 0.401 e. The number of hydrogen-bond donors (Lipinski definition) is 1. The highest BCUT2D eigenvalue weighted by Crippen LogP contribution is 2.20. The number of ether oxygens (including phenoxy) is 1. The van der Waals surface area contributed by atoms with E-state index in [-0.39, 0.29) is 6.08 Å². The second-order valence-corrected chi connectivity index (χ2v) is 2.45. The Kier molecular flexibility index (Phi) is 1.88. The SMILES string of the molecule is Nc1coc(Oc2ccccc2)n1. The van der Waals surface area contributed by atoms with Crippen molar-refractivity contribution in [2.45, 2.75) is 0 Å². The zero-order chi connectivity index (χ0) is 9.10. The molecule has 0 aliphatic carbocycles. The van der Waals surface area contributed by atoms with Crippen LogP contribution in [0, 0.1) is 0 Å². The maximum Gasteiger partial charge on any atom is 0.401 e. The van der Waals surface area contributed by atoms with Crippen LogP contribution in [0.3, 0.4) is 0 Å². The molecule has 0 spiro atoms. The van der Waals surface area contributed by atoms with Crippen molar-refractivity contribution in [2.75, 3.05) is 5.73 Å². The molecule has 2 rings (SSSR count). The third kappa shape index (κ3) is 1.79. The number of nitrogens with zero attached hydrogens (tertiary/aromatic N) is 1. The Hall–Kier alpha value is -1.97. The van der Waals surface area contributed by atoms with Gasteiger partial charge >= 0.3 is 6.08 Å². The number of rotatable bonds is 2. The highest BCUT2D eigenvalue weighted by Gasteiger charge is 2.02. The van der Waals surface area contributed by atoms with E-state index >= 15 is 0 Å². The first-order valence-corrected chi connectivity index (χ1v) is 3.78. The van der Waals surface area contributed by atoms with Crippen LogP contribution in [0.4, 0.5) is 5.82 Å². The predicted molar refractivity (Wildman–Crippen MR) is 47.4 cm³/mol. The molecule has 13 heavy (non-hydrogen) atoms. The molecule has 1 heterocycles. The number of oxazole rings is 1. The lowest BCUT2D eigenvalue weighted by atomic mass is 10.3. The van der Waals surface area contributed by atoms with Crippen molar-refractivity contribution in [3.05, 3.63) is 36.6 Å². The third-order valence-electron chi connectivity index (χ3n) is 1.45. The van der Waals surface area contributed by atoms with Gasteiger partial charge in [-0.05, 0) is 12.1 Å². The number of hydrogen-bond acceptors (Lipinski definition) is 4. The summed E-state index contributed by atoms with van der Waals surface area (Å²) >= 11 is 0. The monoisotopic (exact) mass is 176 g/mol. The number of para-hydroxylation sites is 1. The summed E-state index contributed by atoms with van der Waals surface area (Å²) in [6.07, 6.45) is 1.49. The van der Waals surface area contributed by atoms with Gasteiger partial charge in [-0.3, -0.25) is 0 Å². The fourth-order valence-electron chi connectivity index (χ4n) is 0.905. The summed E-state index contributed by atoms with van der Waals surface area (Å²) in [5.74, 6) is 0.982. The Morgan fingerprint density at radius 3 is 2.62 bits per heavy atom. The summed E-state index contributed by atoms with van der Waals surface area (Å²) in [5.41, 5.74) is 5.35. The summed E-state index contributed by atoms with van der Waals surface area (Å²) in [6, 6.07) is 9.24. The van der Waals surface area contributed by atoms with Gasteiger partial charge in [0.25, 0.3) is 0 Å². The first-order chi connectivity index (χ1) is 6.34. The molecule has 2 N–H and O–H groups in total. The van der Waals surface area contributed by atoms with Crippen LogP contribution in [-0.2, 0) is 0 Å². The number of anilines is 1. The summed E-state index contributed by atoms with van der Waals surface area (Å²) in [7, 11) is 0. The molecule has 0 saturated carbocycles. The molecule has 1 aromatic heterocycles. The second-order valence-electron chi connectivity index (χ2n) is 2.45. The van der Waals surface area contributed by atoms with Gasteiger partial charge in [0.15, 0.2) is 5.82 Å². The van der Waals surface area contributed by atoms with E-state index in [1.165, 1.54) is 6.26 Å². The molecule has 0 unspecified atom stereocenters. The number of benzene rings is 1. The van der Waals surface area contributed by atoms with Crippen molar-refractivity contribution in [1.29, 1.82) is 0 Å². The minimum Gasteiger partial charge on any atom is -0.415 e. The lowest BCUT2D eigenvalue weighted by molar-refractivity contribution is 0.331. The topological polar surface area (TPSA) is 61.3 Å². The fourth-order valence-corrected chi connectivity index (χ4v) is 0.905. The fraction of sp³-hybridized carbons (Fsp3) is 0. The van der Waals surface area contributed by atoms with Gasteiger partial charge in [0.05, 0.1) is 0 Å². The van der Waals surface area contributed by atoms with E-state index in [0.717, 1.165) is 0 Å². The van der Waals surface area contributed by atoms with Crippen LogP contribution in [-0.4, -0.2) is 4.98 Å². The Bertz CT molecular complexity index is 384. The van der Waals surface area contributed by atoms with Crippen LogP contribution in [0.15, 0.2) is 41.0 Å². The average Bonchev–Trinajstić information content (AvgIpc) is 2.53. The quantitative estimate of drug-likeness (QED) is 0.760. The second kappa shape index (κ2) is 3.18. The van der Waals surface area contributed by atoms with Crippen LogP contribution in [0.25, 0.3) is 0 Å². The largest absolute Gasteiger partial charge is 0.415 e. The zero-order valence-corrected chi connectivity index (χ0v) is 6.81. The summed E-state index contributed by atoms with van der Waals surface area (Å²) in [5, 5.41) is 0. The molecular formula is C9H8N2O2. The summed E-state index contributed by atoms with van der Waals surface area (Å²) in [6.45, 7) is 0. The standard InChI is InChI=1S/C9H8N2O2/c10-8-6-12-9(11-8)13-7-4-2-1-3-5-7/h1-6H,10H2. The van der Waals surface area contributed by atoms with Crippen molar-refractivity contribution in [3.63, 3.8) is 0 Å². The molecule has 0 amide bonds. The zero-order valence-electron chi connectivity index (χ0n) is 6.81. The Morgan fingerprint density at radius 2 is 2.00 bits per heavy atom. The molecule has 66 valence electrons. The van der Waals surface area contributed by atoms with E-state index in [0.29, 0.717) is 11.6 Å². The Morgan fingerprint density at radius 1 is 1.23 bits per heavy atom. The molecule has 1 aromatic carbocycles. The van der Waals surface area contributed by atoms with Gasteiger partial charge in [-0.25, -0.2) is 0 Å². The number of aromatic nitrogens is 1. The molecule has 0 atom stereocenters. The van der Waals surface area contributed by atoms with Gasteiger partial charge in [0.1, 0.15) is 12.0 Å². The molecule has 0 aliphatic heterocycles. The van der Waals surface area contributed by atoms with Crippen LogP contribution >= 0.6 is 0 Å². The van der Waals surface area contributed by atoms with Crippen molar-refractivity contribution in [1.82, 2.24) is 4.98 Å². The van der Waals surface area contributed by atoms with Crippen molar-refractivity contribution >= 4 is 5.82 Å². The van der Waals surface area contributed by atoms with Gasteiger partial charge in [0.2, 0.25) is 0 Å². The van der Waals surface area contributed by atoms with Crippen LogP contribution in [0.5, 0.6) is 11.8 Å². The summed E-state index contributed by atoms with van der Waals surface area (Å²) in [4.78, 5) is 3.79. The molecule has 0 bridgehead atoms. The van der Waals surface area contributed by atoms with Crippen LogP contribution in [0.1, 0.15) is 0 Å². The normalized spacial score (nSPS) is 9.85. The van der Waals surface area contributed by atoms with E-state index in [2.05, 4.69) is 4.98 Å². The molecule has 0 fully saturated rings. The first kappa shape index (κ1) is 7.67. The minimum atomic E-state index is 0.156. The Labute approximate surface area is 75.0 Å².